The van der Waals surface area contributed by atoms with Gasteiger partial charge < -0.3 is 15.5 Å². The average molecular weight is 400 g/mol. The number of halogens is 1. The first kappa shape index (κ1) is 19.9. The van der Waals surface area contributed by atoms with Crippen LogP contribution in [-0.2, 0) is 4.79 Å². The maximum absolute atomic E-state index is 12.7. The molecule has 2 N–H and O–H groups in total. The maximum atomic E-state index is 12.7. The minimum Gasteiger partial charge on any atom is -0.359 e. The van der Waals surface area contributed by atoms with Gasteiger partial charge in [-0.15, -0.1) is 0 Å². The van der Waals surface area contributed by atoms with E-state index in [9.17, 15) is 14.4 Å². The molecule has 2 aromatic carbocycles. The van der Waals surface area contributed by atoms with E-state index in [4.69, 9.17) is 11.6 Å². The lowest BCUT2D eigenvalue weighted by Crippen LogP contribution is -2.44. The maximum Gasteiger partial charge on any atom is 0.255 e. The van der Waals surface area contributed by atoms with E-state index in [-0.39, 0.29) is 23.6 Å². The number of hydrogen-bond acceptors (Lipinski definition) is 3. The van der Waals surface area contributed by atoms with E-state index in [1.165, 1.54) is 0 Å². The van der Waals surface area contributed by atoms with Crippen molar-refractivity contribution in [1.29, 1.82) is 0 Å². The molecule has 0 spiro atoms. The van der Waals surface area contributed by atoms with E-state index < -0.39 is 0 Å². The predicted octanol–water partition coefficient (Wildman–Crippen LogP) is 3.19. The molecule has 3 rings (SSSR count). The molecule has 28 heavy (non-hydrogen) atoms. The Balaban J connectivity index is 1.63. The minimum atomic E-state index is -0.250. The molecule has 1 fully saturated rings. The number of likely N-dealkylation sites (tertiary alicyclic amines) is 1. The summed E-state index contributed by atoms with van der Waals surface area (Å²) in [7, 11) is 1.61. The number of carbonyl (C=O) groups excluding carboxylic acids is 3. The highest BCUT2D eigenvalue weighted by Gasteiger charge is 2.28. The number of nitrogens with zero attached hydrogens (tertiary/aromatic N) is 1. The standard InChI is InChI=1S/C21H22ClN3O3/c1-23-19(26)16-3-2-12-25(13-16)21(28)15-6-10-18(11-7-15)24-20(27)14-4-8-17(22)9-5-14/h4-11,16H,2-3,12-13H2,1H3,(H,23,26)(H,24,27)/t16-/m0/s1. The number of hydrogen-bond donors (Lipinski definition) is 2. The van der Waals surface area contributed by atoms with Crippen LogP contribution in [0.1, 0.15) is 33.6 Å². The van der Waals surface area contributed by atoms with Crippen molar-refractivity contribution in [3.05, 3.63) is 64.7 Å². The van der Waals surface area contributed by atoms with Crippen molar-refractivity contribution in [2.45, 2.75) is 12.8 Å². The fraction of sp³-hybridized carbons (Fsp3) is 0.286. The van der Waals surface area contributed by atoms with E-state index >= 15 is 0 Å². The second kappa shape index (κ2) is 8.89. The Hall–Kier alpha value is -2.86. The molecule has 146 valence electrons. The highest BCUT2D eigenvalue weighted by molar-refractivity contribution is 6.30. The van der Waals surface area contributed by atoms with E-state index in [1.54, 1.807) is 60.5 Å². The Morgan fingerprint density at radius 2 is 1.64 bits per heavy atom. The monoisotopic (exact) mass is 399 g/mol. The van der Waals surface area contributed by atoms with Gasteiger partial charge in [-0.25, -0.2) is 0 Å². The van der Waals surface area contributed by atoms with Crippen LogP contribution in [0.5, 0.6) is 0 Å². The number of benzene rings is 2. The molecule has 0 radical (unpaired) electrons. The molecule has 1 saturated heterocycles. The van der Waals surface area contributed by atoms with Gasteiger partial charge in [0.25, 0.3) is 11.8 Å². The van der Waals surface area contributed by atoms with E-state index in [0.717, 1.165) is 12.8 Å². The van der Waals surface area contributed by atoms with Crippen LogP contribution in [0.4, 0.5) is 5.69 Å². The third-order valence-corrected chi connectivity index (χ3v) is 5.07. The van der Waals surface area contributed by atoms with Gasteiger partial charge in [-0.3, -0.25) is 14.4 Å². The molecule has 2 aromatic rings. The molecule has 1 aliphatic heterocycles. The lowest BCUT2D eigenvalue weighted by molar-refractivity contribution is -0.125. The van der Waals surface area contributed by atoms with Crippen LogP contribution in [0, 0.1) is 5.92 Å². The Kier molecular flexibility index (Phi) is 6.31. The first-order valence-electron chi connectivity index (χ1n) is 9.16. The van der Waals surface area contributed by atoms with Gasteiger partial charge in [0.1, 0.15) is 0 Å². The van der Waals surface area contributed by atoms with Gasteiger partial charge in [-0.1, -0.05) is 11.6 Å². The SMILES string of the molecule is CNC(=O)[C@H]1CCCN(C(=O)c2ccc(NC(=O)c3ccc(Cl)cc3)cc2)C1. The summed E-state index contributed by atoms with van der Waals surface area (Å²) < 4.78 is 0. The lowest BCUT2D eigenvalue weighted by Gasteiger charge is -2.31. The van der Waals surface area contributed by atoms with Crippen molar-refractivity contribution < 1.29 is 14.4 Å². The quantitative estimate of drug-likeness (QED) is 0.828. The summed E-state index contributed by atoms with van der Waals surface area (Å²) >= 11 is 5.83. The fourth-order valence-corrected chi connectivity index (χ4v) is 3.39. The van der Waals surface area contributed by atoms with Crippen LogP contribution in [0.15, 0.2) is 48.5 Å². The van der Waals surface area contributed by atoms with Gasteiger partial charge in [-0.2, -0.15) is 0 Å². The van der Waals surface area contributed by atoms with Crippen molar-refractivity contribution in [2.75, 3.05) is 25.5 Å². The molecule has 0 aliphatic carbocycles. The van der Waals surface area contributed by atoms with Crippen molar-refractivity contribution >= 4 is 35.0 Å². The Morgan fingerprint density at radius 1 is 1.00 bits per heavy atom. The molecule has 1 heterocycles. The van der Waals surface area contributed by atoms with Crippen LogP contribution in [0.3, 0.4) is 0 Å². The average Bonchev–Trinajstić information content (AvgIpc) is 2.73. The second-order valence-corrected chi connectivity index (χ2v) is 7.18. The molecule has 1 atom stereocenters. The molecule has 0 aromatic heterocycles. The van der Waals surface area contributed by atoms with Gasteiger partial charge in [0, 0.05) is 42.0 Å². The van der Waals surface area contributed by atoms with Gasteiger partial charge in [0.15, 0.2) is 0 Å². The molecule has 0 saturated carbocycles. The van der Waals surface area contributed by atoms with Crippen molar-refractivity contribution in [1.82, 2.24) is 10.2 Å². The van der Waals surface area contributed by atoms with E-state index in [0.29, 0.717) is 34.9 Å². The summed E-state index contributed by atoms with van der Waals surface area (Å²) in [5.41, 5.74) is 1.62. The molecule has 7 heteroatoms. The molecular weight excluding hydrogens is 378 g/mol. The van der Waals surface area contributed by atoms with Gasteiger partial charge in [0.05, 0.1) is 5.92 Å². The van der Waals surface area contributed by atoms with Crippen LogP contribution in [0.25, 0.3) is 0 Å². The zero-order chi connectivity index (χ0) is 20.1. The van der Waals surface area contributed by atoms with Crippen LogP contribution in [-0.4, -0.2) is 42.8 Å². The number of nitrogens with one attached hydrogen (secondary N) is 2. The molecule has 3 amide bonds. The van der Waals surface area contributed by atoms with Crippen LogP contribution in [0.2, 0.25) is 5.02 Å². The smallest absolute Gasteiger partial charge is 0.255 e. The van der Waals surface area contributed by atoms with Crippen molar-refractivity contribution in [3.63, 3.8) is 0 Å². The van der Waals surface area contributed by atoms with Crippen LogP contribution < -0.4 is 10.6 Å². The summed E-state index contributed by atoms with van der Waals surface area (Å²) in [5, 5.41) is 6.01. The first-order valence-corrected chi connectivity index (χ1v) is 9.53. The van der Waals surface area contributed by atoms with Gasteiger partial charge in [0.2, 0.25) is 5.91 Å². The predicted molar refractivity (Wildman–Crippen MR) is 109 cm³/mol. The summed E-state index contributed by atoms with van der Waals surface area (Å²) in [6.45, 7) is 1.06. The van der Waals surface area contributed by atoms with E-state index in [1.807, 2.05) is 0 Å². The Morgan fingerprint density at radius 3 is 2.29 bits per heavy atom. The minimum absolute atomic E-state index is 0.0299. The highest BCUT2D eigenvalue weighted by Crippen LogP contribution is 2.20. The first-order chi connectivity index (χ1) is 13.5. The molecule has 1 aliphatic rings. The molecule has 0 unspecified atom stereocenters. The lowest BCUT2D eigenvalue weighted by atomic mass is 9.96. The normalized spacial score (nSPS) is 16.4. The number of piperidine rings is 1. The third-order valence-electron chi connectivity index (χ3n) is 4.82. The summed E-state index contributed by atoms with van der Waals surface area (Å²) in [4.78, 5) is 38.6. The number of amides is 3. The Bertz CT molecular complexity index is 865. The summed E-state index contributed by atoms with van der Waals surface area (Å²) in [6, 6.07) is 13.4. The van der Waals surface area contributed by atoms with Crippen LogP contribution >= 0.6 is 11.6 Å². The highest BCUT2D eigenvalue weighted by atomic mass is 35.5. The zero-order valence-corrected chi connectivity index (χ0v) is 16.3. The number of rotatable bonds is 4. The van der Waals surface area contributed by atoms with Crippen molar-refractivity contribution in [2.24, 2.45) is 5.92 Å². The van der Waals surface area contributed by atoms with Gasteiger partial charge in [-0.05, 0) is 61.4 Å². The largest absolute Gasteiger partial charge is 0.359 e. The Labute approximate surface area is 168 Å². The molecular formula is C21H22ClN3O3. The second-order valence-electron chi connectivity index (χ2n) is 6.74. The van der Waals surface area contributed by atoms with Crippen molar-refractivity contribution in [3.8, 4) is 0 Å². The van der Waals surface area contributed by atoms with E-state index in [2.05, 4.69) is 10.6 Å². The topological polar surface area (TPSA) is 78.5 Å². The fourth-order valence-electron chi connectivity index (χ4n) is 3.26. The number of carbonyl (C=O) groups is 3. The third kappa shape index (κ3) is 4.70. The molecule has 0 bridgehead atoms. The zero-order valence-electron chi connectivity index (χ0n) is 15.6. The number of anilines is 1. The summed E-state index contributed by atoms with van der Waals surface area (Å²) in [5.74, 6) is -0.553. The van der Waals surface area contributed by atoms with Gasteiger partial charge >= 0.3 is 0 Å². The molecule has 6 nitrogen and oxygen atoms in total. The summed E-state index contributed by atoms with van der Waals surface area (Å²) in [6.07, 6.45) is 1.60.